The van der Waals surface area contributed by atoms with Crippen molar-refractivity contribution < 1.29 is 19.7 Å². The minimum Gasteiger partial charge on any atom is -0.445 e. The Kier molecular flexibility index (Phi) is 6.05. The third-order valence-corrected chi connectivity index (χ3v) is 4.40. The van der Waals surface area contributed by atoms with Gasteiger partial charge in [0.05, 0.1) is 11.6 Å². The van der Waals surface area contributed by atoms with E-state index in [1.165, 1.54) is 0 Å². The number of ether oxygens (including phenoxy) is 1. The first-order valence-corrected chi connectivity index (χ1v) is 8.80. The van der Waals surface area contributed by atoms with Crippen LogP contribution < -0.4 is 5.32 Å². The van der Waals surface area contributed by atoms with Gasteiger partial charge in [-0.05, 0) is 30.5 Å². The Morgan fingerprint density at radius 3 is 2.78 bits per heavy atom. The highest BCUT2D eigenvalue weighted by Crippen LogP contribution is 2.24. The molecule has 7 nitrogen and oxygen atoms in total. The van der Waals surface area contributed by atoms with Crippen molar-refractivity contribution >= 4 is 17.0 Å². The van der Waals surface area contributed by atoms with Crippen LogP contribution in [0.25, 0.3) is 10.9 Å². The number of aromatic nitrogens is 2. The molecule has 0 saturated heterocycles. The molecule has 0 spiro atoms. The van der Waals surface area contributed by atoms with E-state index in [0.717, 1.165) is 22.2 Å². The van der Waals surface area contributed by atoms with E-state index in [1.807, 2.05) is 43.3 Å². The van der Waals surface area contributed by atoms with Gasteiger partial charge in [-0.15, -0.1) is 0 Å². The van der Waals surface area contributed by atoms with Crippen molar-refractivity contribution in [2.75, 3.05) is 6.54 Å². The Morgan fingerprint density at radius 2 is 2.00 bits per heavy atom. The Morgan fingerprint density at radius 1 is 1.22 bits per heavy atom. The SMILES string of the molecule is Cc1[nH]nc2cc(C(O)C(O)CCNC(=O)OCc3ccccc3)ccc12. The van der Waals surface area contributed by atoms with Crippen LogP contribution in [0.3, 0.4) is 0 Å². The summed E-state index contributed by atoms with van der Waals surface area (Å²) < 4.78 is 5.10. The molecular weight excluding hydrogens is 346 g/mol. The monoisotopic (exact) mass is 369 g/mol. The summed E-state index contributed by atoms with van der Waals surface area (Å²) in [5.41, 5.74) is 3.16. The Balaban J connectivity index is 1.45. The van der Waals surface area contributed by atoms with Gasteiger partial charge in [0.25, 0.3) is 0 Å². The van der Waals surface area contributed by atoms with Crippen LogP contribution in [0.2, 0.25) is 0 Å². The summed E-state index contributed by atoms with van der Waals surface area (Å²) in [6.45, 7) is 2.29. The van der Waals surface area contributed by atoms with E-state index < -0.39 is 18.3 Å². The summed E-state index contributed by atoms with van der Waals surface area (Å²) in [5.74, 6) is 0. The molecule has 0 saturated carbocycles. The second kappa shape index (κ2) is 8.66. The standard InChI is InChI=1S/C20H23N3O4/c1-13-16-8-7-15(11-17(16)23-22-13)19(25)18(24)9-10-21-20(26)27-12-14-5-3-2-4-6-14/h2-8,11,18-19,24-25H,9-10,12H2,1H3,(H,21,26)(H,22,23). The molecule has 3 aromatic rings. The van der Waals surface area contributed by atoms with Gasteiger partial charge in [0.2, 0.25) is 0 Å². The number of nitrogens with one attached hydrogen (secondary N) is 2. The summed E-state index contributed by atoms with van der Waals surface area (Å²) in [6, 6.07) is 14.7. The fourth-order valence-electron chi connectivity index (χ4n) is 2.82. The quantitative estimate of drug-likeness (QED) is 0.512. The lowest BCUT2D eigenvalue weighted by atomic mass is 10.0. The van der Waals surface area contributed by atoms with E-state index >= 15 is 0 Å². The minimum atomic E-state index is -1.06. The van der Waals surface area contributed by atoms with Crippen LogP contribution in [0, 0.1) is 6.92 Å². The van der Waals surface area contributed by atoms with Gasteiger partial charge in [0, 0.05) is 17.6 Å². The molecule has 2 aromatic carbocycles. The number of aliphatic hydroxyl groups excluding tert-OH is 2. The first-order valence-electron chi connectivity index (χ1n) is 8.80. The maximum atomic E-state index is 11.7. The van der Waals surface area contributed by atoms with Crippen molar-refractivity contribution in [3.8, 4) is 0 Å². The van der Waals surface area contributed by atoms with Gasteiger partial charge in [-0.1, -0.05) is 42.5 Å². The van der Waals surface area contributed by atoms with Gasteiger partial charge in [0.1, 0.15) is 12.7 Å². The normalized spacial score (nSPS) is 13.3. The lowest BCUT2D eigenvalue weighted by Crippen LogP contribution is -2.29. The summed E-state index contributed by atoms with van der Waals surface area (Å²) >= 11 is 0. The number of alkyl carbamates (subject to hydrolysis) is 1. The molecule has 1 aromatic heterocycles. The summed E-state index contributed by atoms with van der Waals surface area (Å²) in [6.07, 6.45) is -2.45. The fraction of sp³-hybridized carbons (Fsp3) is 0.300. The molecule has 4 N–H and O–H groups in total. The van der Waals surface area contributed by atoms with E-state index in [1.54, 1.807) is 12.1 Å². The molecular formula is C20H23N3O4. The number of aryl methyl sites for hydroxylation is 1. The lowest BCUT2D eigenvalue weighted by molar-refractivity contribution is 0.0137. The molecule has 0 aliphatic carbocycles. The largest absolute Gasteiger partial charge is 0.445 e. The molecule has 3 rings (SSSR count). The third-order valence-electron chi connectivity index (χ3n) is 4.40. The first kappa shape index (κ1) is 18.9. The number of aliphatic hydroxyl groups is 2. The Hall–Kier alpha value is -2.90. The maximum absolute atomic E-state index is 11.7. The number of hydrogen-bond donors (Lipinski definition) is 4. The predicted molar refractivity (Wildman–Crippen MR) is 101 cm³/mol. The van der Waals surface area contributed by atoms with Crippen LogP contribution in [-0.2, 0) is 11.3 Å². The molecule has 142 valence electrons. The molecule has 0 radical (unpaired) electrons. The molecule has 2 unspecified atom stereocenters. The van der Waals surface area contributed by atoms with Gasteiger partial charge >= 0.3 is 6.09 Å². The van der Waals surface area contributed by atoms with Crippen LogP contribution in [0.1, 0.15) is 29.3 Å². The molecule has 0 bridgehead atoms. The molecule has 2 atom stereocenters. The number of carbonyl (C=O) groups is 1. The van der Waals surface area contributed by atoms with E-state index in [4.69, 9.17) is 4.74 Å². The number of nitrogens with zero attached hydrogens (tertiary/aromatic N) is 1. The molecule has 7 heteroatoms. The highest BCUT2D eigenvalue weighted by Gasteiger charge is 2.19. The van der Waals surface area contributed by atoms with Gasteiger partial charge in [-0.25, -0.2) is 4.79 Å². The minimum absolute atomic E-state index is 0.181. The number of rotatable bonds is 7. The number of fused-ring (bicyclic) bond motifs is 1. The zero-order valence-corrected chi connectivity index (χ0v) is 15.1. The Bertz CT molecular complexity index is 895. The van der Waals surface area contributed by atoms with Gasteiger partial charge in [-0.2, -0.15) is 5.10 Å². The third kappa shape index (κ3) is 4.84. The number of benzene rings is 2. The van der Waals surface area contributed by atoms with Gasteiger partial charge in [-0.3, -0.25) is 5.10 Å². The average molecular weight is 369 g/mol. The number of aromatic amines is 1. The van der Waals surface area contributed by atoms with E-state index in [0.29, 0.717) is 5.56 Å². The van der Waals surface area contributed by atoms with Crippen LogP contribution in [0.4, 0.5) is 4.79 Å². The first-order chi connectivity index (χ1) is 13.0. The highest BCUT2D eigenvalue weighted by molar-refractivity contribution is 5.81. The van der Waals surface area contributed by atoms with E-state index in [2.05, 4.69) is 15.5 Å². The van der Waals surface area contributed by atoms with Crippen molar-refractivity contribution in [3.63, 3.8) is 0 Å². The van der Waals surface area contributed by atoms with Crippen molar-refractivity contribution in [1.29, 1.82) is 0 Å². The molecule has 1 heterocycles. The highest BCUT2D eigenvalue weighted by atomic mass is 16.5. The van der Waals surface area contributed by atoms with Crippen LogP contribution in [-0.4, -0.2) is 39.2 Å². The second-order valence-corrected chi connectivity index (χ2v) is 6.41. The smallest absolute Gasteiger partial charge is 0.407 e. The topological polar surface area (TPSA) is 107 Å². The zero-order chi connectivity index (χ0) is 19.2. The molecule has 0 aliphatic heterocycles. The predicted octanol–water partition coefficient (Wildman–Crippen LogP) is 2.58. The fourth-order valence-corrected chi connectivity index (χ4v) is 2.82. The number of carbonyl (C=O) groups excluding carboxylic acids is 1. The molecule has 1 amide bonds. The summed E-state index contributed by atoms with van der Waals surface area (Å²) in [4.78, 5) is 11.7. The number of hydrogen-bond acceptors (Lipinski definition) is 5. The van der Waals surface area contributed by atoms with E-state index in [-0.39, 0.29) is 19.6 Å². The maximum Gasteiger partial charge on any atom is 0.407 e. The van der Waals surface area contributed by atoms with Gasteiger partial charge in [0.15, 0.2) is 0 Å². The molecule has 0 aliphatic rings. The van der Waals surface area contributed by atoms with Crippen molar-refractivity contribution in [1.82, 2.24) is 15.5 Å². The van der Waals surface area contributed by atoms with Gasteiger partial charge < -0.3 is 20.3 Å². The van der Waals surface area contributed by atoms with Crippen LogP contribution in [0.15, 0.2) is 48.5 Å². The van der Waals surface area contributed by atoms with Crippen molar-refractivity contribution in [3.05, 3.63) is 65.4 Å². The van der Waals surface area contributed by atoms with Crippen LogP contribution >= 0.6 is 0 Å². The number of amides is 1. The molecule has 27 heavy (non-hydrogen) atoms. The second-order valence-electron chi connectivity index (χ2n) is 6.41. The van der Waals surface area contributed by atoms with Crippen molar-refractivity contribution in [2.45, 2.75) is 32.2 Å². The Labute approximate surface area is 157 Å². The summed E-state index contributed by atoms with van der Waals surface area (Å²) in [7, 11) is 0. The average Bonchev–Trinajstić information content (AvgIpc) is 3.06. The molecule has 0 fully saturated rings. The lowest BCUT2D eigenvalue weighted by Gasteiger charge is -2.18. The van der Waals surface area contributed by atoms with E-state index in [9.17, 15) is 15.0 Å². The zero-order valence-electron chi connectivity index (χ0n) is 15.1. The van der Waals surface area contributed by atoms with Crippen LogP contribution in [0.5, 0.6) is 0 Å². The summed E-state index contributed by atoms with van der Waals surface area (Å²) in [5, 5.41) is 31.1. The van der Waals surface area contributed by atoms with Crippen molar-refractivity contribution in [2.24, 2.45) is 0 Å². The number of H-pyrrole nitrogens is 1.